The first-order valence-corrected chi connectivity index (χ1v) is 26.4. The first-order chi connectivity index (χ1) is 38.3. The summed E-state index contributed by atoms with van der Waals surface area (Å²) in [5, 5.41) is 4.51. The van der Waals surface area contributed by atoms with Crippen LogP contribution in [0.15, 0.2) is 152 Å². The third-order valence-corrected chi connectivity index (χ3v) is 16.0. The molecule has 0 saturated heterocycles. The normalized spacial score (nSPS) is 12.2. The molecule has 4 aliphatic heterocycles. The monoisotopic (exact) mass is 1030 g/mol. The van der Waals surface area contributed by atoms with Gasteiger partial charge in [0.15, 0.2) is 26.2 Å². The van der Waals surface area contributed by atoms with Gasteiger partial charge in [0.2, 0.25) is 47.5 Å². The maximum atomic E-state index is 7.40. The predicted octanol–water partition coefficient (Wildman–Crippen LogP) is 13.5. The number of hydrogen-bond donors (Lipinski definition) is 0. The Kier molecular flexibility index (Phi) is 11.2. The van der Waals surface area contributed by atoms with Gasteiger partial charge in [0.1, 0.15) is 44.8 Å². The zero-order valence-corrected chi connectivity index (χ0v) is 45.1. The van der Waals surface area contributed by atoms with Gasteiger partial charge in [-0.05, 0) is 130 Å². The minimum atomic E-state index is 0.715. The summed E-state index contributed by atoms with van der Waals surface area (Å²) in [7, 11) is 0. The smallest absolute Gasteiger partial charge is 0.217 e. The fraction of sp³-hybridized carbons (Fsp3) is 0.164. The molecule has 12 heteroatoms. The Morgan fingerprint density at radius 3 is 1.28 bits per heavy atom. The first kappa shape index (κ1) is 48.3. The molecule has 4 aliphatic rings. The van der Waals surface area contributed by atoms with Gasteiger partial charge in [0.05, 0.1) is 53.4 Å². The largest absolute Gasteiger partial charge is 0.236 e. The van der Waals surface area contributed by atoms with Gasteiger partial charge in [-0.2, -0.15) is 0 Å². The van der Waals surface area contributed by atoms with E-state index < -0.39 is 0 Å². The summed E-state index contributed by atoms with van der Waals surface area (Å²) in [6.07, 6.45) is 8.54. The Morgan fingerprint density at radius 2 is 0.747 bits per heavy atom. The van der Waals surface area contributed by atoms with Crippen molar-refractivity contribution in [2.75, 3.05) is 0 Å². The maximum absolute atomic E-state index is 7.40. The zero-order chi connectivity index (χ0) is 54.5. The highest BCUT2D eigenvalue weighted by atomic mass is 15.4. The molecule has 0 bridgehead atoms. The highest BCUT2D eigenvalue weighted by molar-refractivity contribution is 5.95. The van der Waals surface area contributed by atoms with E-state index in [4.69, 9.17) is 26.3 Å². The number of aryl methyl sites for hydroxylation is 7. The van der Waals surface area contributed by atoms with Crippen molar-refractivity contribution >= 4 is 66.4 Å². The van der Waals surface area contributed by atoms with Gasteiger partial charge in [0.25, 0.3) is 0 Å². The minimum absolute atomic E-state index is 0.715. The van der Waals surface area contributed by atoms with Crippen LogP contribution >= 0.6 is 0 Å². The van der Waals surface area contributed by atoms with Crippen LogP contribution in [0.1, 0.15) is 61.2 Å². The average molecular weight is 1030 g/mol. The minimum Gasteiger partial charge on any atom is -0.236 e. The molecule has 0 saturated carbocycles. The van der Waals surface area contributed by atoms with E-state index in [0.717, 1.165) is 69.8 Å². The second-order valence-electron chi connectivity index (χ2n) is 21.3. The lowest BCUT2D eigenvalue weighted by Crippen LogP contribution is -2.36. The quantitative estimate of drug-likeness (QED) is 0.107. The molecule has 0 spiro atoms. The van der Waals surface area contributed by atoms with Crippen molar-refractivity contribution in [3.05, 3.63) is 259 Å². The molecule has 0 unspecified atom stereocenters. The van der Waals surface area contributed by atoms with E-state index in [1.165, 1.54) is 83.9 Å². The lowest BCUT2D eigenvalue weighted by Gasteiger charge is -2.05. The van der Waals surface area contributed by atoms with Crippen LogP contribution < -0.4 is 18.7 Å². The molecule has 0 radical (unpaired) electrons. The number of benzene rings is 8. The molecule has 79 heavy (non-hydrogen) atoms. The van der Waals surface area contributed by atoms with Crippen LogP contribution in [-0.4, -0.2) is 18.7 Å². The molecule has 12 nitrogen and oxygen atoms in total. The fourth-order valence-corrected chi connectivity index (χ4v) is 12.6. The van der Waals surface area contributed by atoms with Crippen LogP contribution in [0.3, 0.4) is 0 Å². The summed E-state index contributed by atoms with van der Waals surface area (Å²) in [5.74, 6) is 0. The standard InChI is InChI=1S/3C17H14N3.C16H12N3/c1-11-7-14-10-19-9-13-5-4-6-15(18-3)17(13)20(19)16(14)8-12(11)2;1-11-7-12(2)14-10-19-9-13-5-4-6-15(18-3)17(13)20(19)16(14)8-11;1-11-7-12(2)16-14(8-11)10-19-9-13-5-4-6-15(18-3)17(13)20(16)19;1-11-5-3-6-12-9-18-10-13-7-4-8-14(17-2)16(13)19(18)15(11)12/h3*4-9H,10H2,1-2H3;3-8,10H,9H2,1H3/q4*+1. The fourth-order valence-electron chi connectivity index (χ4n) is 12.6. The van der Waals surface area contributed by atoms with Crippen molar-refractivity contribution in [1.82, 2.24) is 18.7 Å². The Hall–Kier alpha value is -10.4. The number of hydrogen-bond acceptors (Lipinski definition) is 0. The molecule has 0 N–H and O–H groups in total. The van der Waals surface area contributed by atoms with Gasteiger partial charge in [0, 0.05) is 16.7 Å². The van der Waals surface area contributed by atoms with Crippen LogP contribution in [0, 0.1) is 74.8 Å². The summed E-state index contributed by atoms with van der Waals surface area (Å²) in [4.78, 5) is 14.7. The SMILES string of the molecule is [C-]#[N+]c1cccc2c[n+]3n(c12)-c1c(C)cc(C)cc1C3.[C-]#[N+]c1cccc2c[n+]3n(c12)-c1c(C)cccc1C3.[C-]#[N+]c1cccc2c[n+]3n(c12)-c1cc(C)c(C)cc1C3.[C-]#[N+]c1cccc2c[n+]3n(c12)-c1cc(C)cc(C)c1C3. The lowest BCUT2D eigenvalue weighted by molar-refractivity contribution is -0.749. The van der Waals surface area contributed by atoms with Crippen LogP contribution in [0.4, 0.5) is 22.7 Å². The number of nitrogens with zero attached hydrogens (tertiary/aromatic N) is 12. The summed E-state index contributed by atoms with van der Waals surface area (Å²) in [5.41, 5.74) is 26.2. The molecule has 0 amide bonds. The predicted molar refractivity (Wildman–Crippen MR) is 308 cm³/mol. The van der Waals surface area contributed by atoms with Crippen molar-refractivity contribution in [3.8, 4) is 22.7 Å². The Bertz CT molecular complexity index is 4810. The third kappa shape index (κ3) is 7.60. The van der Waals surface area contributed by atoms with Crippen LogP contribution in [-0.2, 0) is 26.2 Å². The van der Waals surface area contributed by atoms with Gasteiger partial charge >= 0.3 is 0 Å². The second kappa shape index (κ2) is 18.4. The van der Waals surface area contributed by atoms with E-state index in [-0.39, 0.29) is 0 Å². The van der Waals surface area contributed by atoms with E-state index in [1.807, 2.05) is 48.5 Å². The number of aromatic nitrogens is 8. The number of para-hydroxylation sites is 5. The van der Waals surface area contributed by atoms with Crippen LogP contribution in [0.5, 0.6) is 0 Å². The molecule has 16 rings (SSSR count). The van der Waals surface area contributed by atoms with E-state index in [1.54, 1.807) is 0 Å². The molecular formula is C67H54N12+4. The van der Waals surface area contributed by atoms with Gasteiger partial charge in [-0.25, -0.2) is 19.4 Å². The van der Waals surface area contributed by atoms with Crippen molar-refractivity contribution < 1.29 is 18.7 Å². The van der Waals surface area contributed by atoms with Gasteiger partial charge in [-0.1, -0.05) is 84.4 Å². The van der Waals surface area contributed by atoms with Gasteiger partial charge in [-0.15, -0.1) is 37.5 Å². The second-order valence-corrected chi connectivity index (χ2v) is 21.3. The van der Waals surface area contributed by atoms with Gasteiger partial charge in [-0.3, -0.25) is 0 Å². The van der Waals surface area contributed by atoms with Crippen LogP contribution in [0.25, 0.3) is 85.7 Å². The Morgan fingerprint density at radius 1 is 0.342 bits per heavy atom. The van der Waals surface area contributed by atoms with Crippen molar-refractivity contribution in [2.24, 2.45) is 0 Å². The maximum Gasteiger partial charge on any atom is 0.217 e. The third-order valence-electron chi connectivity index (χ3n) is 16.0. The topological polar surface area (TPSA) is 52.7 Å². The highest BCUT2D eigenvalue weighted by Crippen LogP contribution is 2.37. The summed E-state index contributed by atoms with van der Waals surface area (Å²) in [6, 6.07) is 43.4. The molecule has 12 aromatic rings. The molecule has 0 fully saturated rings. The van der Waals surface area contributed by atoms with E-state index in [2.05, 4.69) is 209 Å². The number of fused-ring (bicyclic) bond motifs is 20. The summed E-state index contributed by atoms with van der Waals surface area (Å²) >= 11 is 0. The molecule has 8 aromatic carbocycles. The van der Waals surface area contributed by atoms with Crippen molar-refractivity contribution in [2.45, 2.75) is 74.6 Å². The van der Waals surface area contributed by atoms with Gasteiger partial charge < -0.3 is 0 Å². The molecule has 378 valence electrons. The average Bonchev–Trinajstić information content (AvgIpc) is 4.44. The lowest BCUT2D eigenvalue weighted by atomic mass is 10.0. The highest BCUT2D eigenvalue weighted by Gasteiger charge is 2.34. The molecule has 8 heterocycles. The van der Waals surface area contributed by atoms with E-state index in [9.17, 15) is 0 Å². The zero-order valence-electron chi connectivity index (χ0n) is 45.1. The molecule has 0 aliphatic carbocycles. The summed E-state index contributed by atoms with van der Waals surface area (Å²) in [6.45, 7) is 48.1. The Balaban J connectivity index is 0.0000000999. The van der Waals surface area contributed by atoms with Crippen molar-refractivity contribution in [3.63, 3.8) is 0 Å². The Labute approximate surface area is 458 Å². The van der Waals surface area contributed by atoms with Crippen molar-refractivity contribution in [1.29, 1.82) is 0 Å². The first-order valence-electron chi connectivity index (χ1n) is 26.4. The van der Waals surface area contributed by atoms with E-state index >= 15 is 0 Å². The molecule has 4 aromatic heterocycles. The number of rotatable bonds is 0. The summed E-state index contributed by atoms with van der Waals surface area (Å²) < 4.78 is 17.6. The molecule has 0 atom stereocenters. The van der Waals surface area contributed by atoms with Crippen LogP contribution in [0.2, 0.25) is 0 Å². The molecular weight excluding hydrogens is 973 g/mol. The van der Waals surface area contributed by atoms with E-state index in [0.29, 0.717) is 22.7 Å².